The molecule has 3 N–H and O–H groups in total. The molecule has 0 bridgehead atoms. The summed E-state index contributed by atoms with van der Waals surface area (Å²) in [4.78, 5) is 16.0. The van der Waals surface area contributed by atoms with Gasteiger partial charge in [0.05, 0.1) is 18.2 Å². The van der Waals surface area contributed by atoms with Crippen molar-refractivity contribution in [1.29, 1.82) is 5.26 Å². The van der Waals surface area contributed by atoms with Crippen LogP contribution in [0.3, 0.4) is 0 Å². The molecule has 0 spiro atoms. The molecule has 1 aliphatic heterocycles. The maximum atomic E-state index is 12.2. The Morgan fingerprint density at radius 2 is 1.83 bits per heavy atom. The number of carbonyl (C=O) groups excluding carboxylic acids is 1. The van der Waals surface area contributed by atoms with Gasteiger partial charge in [0.1, 0.15) is 5.75 Å². The van der Waals surface area contributed by atoms with E-state index < -0.39 is 0 Å². The van der Waals surface area contributed by atoms with Crippen molar-refractivity contribution in [2.75, 3.05) is 31.6 Å². The lowest BCUT2D eigenvalue weighted by Gasteiger charge is -2.20. The molecule has 2 heterocycles. The summed E-state index contributed by atoms with van der Waals surface area (Å²) in [6, 6.07) is 11.1. The van der Waals surface area contributed by atoms with Crippen LogP contribution < -0.4 is 25.3 Å². The minimum absolute atomic E-state index is 0.0219. The molecule has 0 atom stereocenters. The Morgan fingerprint density at radius 1 is 1.11 bits per heavy atom. The van der Waals surface area contributed by atoms with E-state index in [4.69, 9.17) is 26.3 Å². The molecule has 192 valence electrons. The molecule has 1 saturated heterocycles. The summed E-state index contributed by atoms with van der Waals surface area (Å²) >= 11 is 5.87. The molecule has 36 heavy (non-hydrogen) atoms. The van der Waals surface area contributed by atoms with E-state index in [-0.39, 0.29) is 18.6 Å². The van der Waals surface area contributed by atoms with E-state index in [2.05, 4.69) is 20.9 Å². The molecule has 9 nitrogen and oxygen atoms in total. The number of benzene rings is 1. The third kappa shape index (κ3) is 10.1. The molecule has 0 aliphatic carbocycles. The van der Waals surface area contributed by atoms with Crippen molar-refractivity contribution in [2.24, 2.45) is 10.9 Å². The summed E-state index contributed by atoms with van der Waals surface area (Å²) in [6.07, 6.45) is 11.1. The zero-order chi connectivity index (χ0) is 25.4. The standard InChI is InChI=1S/C26H33ClN6O3/c27-22-5-7-24(8-6-22)35-18-4-2-1-3-13-30-26(31-19-28)32-23-11-16-33(17-12-23)20-36-25(34)21-9-14-29-15-10-21/h5-8,11-12,16-17,21,29H,1-4,9-10,13-15,18,20H2,(H,30,31)/p+1. The molecule has 3 rings (SSSR count). The highest BCUT2D eigenvalue weighted by molar-refractivity contribution is 6.30. The van der Waals surface area contributed by atoms with Crippen LogP contribution in [0.15, 0.2) is 53.8 Å². The second-order valence-corrected chi connectivity index (χ2v) is 8.98. The van der Waals surface area contributed by atoms with E-state index in [1.807, 2.05) is 55.0 Å². The third-order valence-corrected chi connectivity index (χ3v) is 6.04. The number of esters is 1. The number of guanidine groups is 1. The fourth-order valence-electron chi connectivity index (χ4n) is 3.75. The lowest BCUT2D eigenvalue weighted by atomic mass is 9.99. The van der Waals surface area contributed by atoms with Crippen LogP contribution in [0.1, 0.15) is 38.5 Å². The number of piperidine rings is 1. The zero-order valence-electron chi connectivity index (χ0n) is 20.4. The number of aromatic nitrogens is 1. The number of ether oxygens (including phenoxy) is 2. The van der Waals surface area contributed by atoms with Gasteiger partial charge < -0.3 is 25.4 Å². The first kappa shape index (κ1) is 27.2. The number of nitrogens with one attached hydrogen (secondary N) is 3. The molecule has 1 aromatic carbocycles. The van der Waals surface area contributed by atoms with E-state index in [1.54, 1.807) is 4.57 Å². The van der Waals surface area contributed by atoms with Crippen LogP contribution in [0.25, 0.3) is 0 Å². The minimum atomic E-state index is -0.145. The van der Waals surface area contributed by atoms with Crippen LogP contribution in [0, 0.1) is 17.4 Å². The second kappa shape index (κ2) is 15.6. The van der Waals surface area contributed by atoms with Crippen LogP contribution in [0.5, 0.6) is 5.75 Å². The molecular weight excluding hydrogens is 480 g/mol. The Hall–Kier alpha value is -3.35. The summed E-state index contributed by atoms with van der Waals surface area (Å²) in [5, 5.41) is 19.2. The van der Waals surface area contributed by atoms with Gasteiger partial charge in [-0.3, -0.25) is 4.79 Å². The first-order chi connectivity index (χ1) is 17.6. The normalized spacial score (nSPS) is 14.1. The highest BCUT2D eigenvalue weighted by Crippen LogP contribution is 2.16. The highest BCUT2D eigenvalue weighted by atomic mass is 35.5. The molecule has 0 saturated carbocycles. The van der Waals surface area contributed by atoms with Gasteiger partial charge in [-0.2, -0.15) is 9.83 Å². The Kier molecular flexibility index (Phi) is 11.8. The second-order valence-electron chi connectivity index (χ2n) is 8.55. The molecular formula is C26H34ClN6O3+. The van der Waals surface area contributed by atoms with Crippen LogP contribution in [0.2, 0.25) is 5.02 Å². The minimum Gasteiger partial charge on any atom is -0.494 e. The predicted molar refractivity (Wildman–Crippen MR) is 138 cm³/mol. The van der Waals surface area contributed by atoms with Gasteiger partial charge in [0.2, 0.25) is 12.2 Å². The van der Waals surface area contributed by atoms with E-state index in [9.17, 15) is 4.79 Å². The first-order valence-corrected chi connectivity index (χ1v) is 12.7. The Balaban J connectivity index is 1.29. The number of pyridine rings is 1. The van der Waals surface area contributed by atoms with Gasteiger partial charge in [0.15, 0.2) is 12.4 Å². The number of rotatable bonds is 12. The van der Waals surface area contributed by atoms with Crippen molar-refractivity contribution < 1.29 is 18.8 Å². The number of carbonyl (C=O) groups is 1. The van der Waals surface area contributed by atoms with Crippen molar-refractivity contribution in [2.45, 2.75) is 45.3 Å². The number of nitrogens with zero attached hydrogens (tertiary/aromatic N) is 3. The molecule has 0 amide bonds. The Bertz CT molecular complexity index is 1000. The lowest BCUT2D eigenvalue weighted by molar-refractivity contribution is -0.727. The van der Waals surface area contributed by atoms with Gasteiger partial charge in [0.25, 0.3) is 6.73 Å². The van der Waals surface area contributed by atoms with Crippen molar-refractivity contribution in [1.82, 2.24) is 10.6 Å². The van der Waals surface area contributed by atoms with Crippen molar-refractivity contribution >= 4 is 29.2 Å². The summed E-state index contributed by atoms with van der Waals surface area (Å²) in [6.45, 7) is 3.25. The number of halogens is 1. The predicted octanol–water partition coefficient (Wildman–Crippen LogP) is 3.61. The maximum absolute atomic E-state index is 12.2. The first-order valence-electron chi connectivity index (χ1n) is 12.4. The monoisotopic (exact) mass is 513 g/mol. The summed E-state index contributed by atoms with van der Waals surface area (Å²) < 4.78 is 12.9. The molecule has 1 aliphatic rings. The molecule has 2 aromatic rings. The summed E-state index contributed by atoms with van der Waals surface area (Å²) in [5.41, 5.74) is 0.775. The zero-order valence-corrected chi connectivity index (χ0v) is 21.2. The van der Waals surface area contributed by atoms with Gasteiger partial charge in [-0.1, -0.05) is 24.4 Å². The van der Waals surface area contributed by atoms with E-state index in [0.29, 0.717) is 24.1 Å². The highest BCUT2D eigenvalue weighted by Gasteiger charge is 2.23. The van der Waals surface area contributed by atoms with Crippen molar-refractivity contribution in [3.05, 3.63) is 53.8 Å². The fourth-order valence-corrected chi connectivity index (χ4v) is 3.87. The Labute approximate surface area is 217 Å². The summed E-state index contributed by atoms with van der Waals surface area (Å²) in [5.74, 6) is 1.06. The fraction of sp³-hybridized carbons (Fsp3) is 0.462. The number of hydrogen-bond donors (Lipinski definition) is 3. The number of nitriles is 1. The largest absolute Gasteiger partial charge is 0.494 e. The molecule has 1 aromatic heterocycles. The van der Waals surface area contributed by atoms with Gasteiger partial charge >= 0.3 is 5.97 Å². The van der Waals surface area contributed by atoms with E-state index >= 15 is 0 Å². The lowest BCUT2D eigenvalue weighted by Crippen LogP contribution is -2.38. The van der Waals surface area contributed by atoms with Crippen LogP contribution in [0.4, 0.5) is 5.69 Å². The van der Waals surface area contributed by atoms with E-state index in [0.717, 1.165) is 63.1 Å². The quantitative estimate of drug-likeness (QED) is 0.0992. The third-order valence-electron chi connectivity index (χ3n) is 5.79. The average molecular weight is 514 g/mol. The maximum Gasteiger partial charge on any atom is 0.313 e. The van der Waals surface area contributed by atoms with Gasteiger partial charge in [-0.15, -0.1) is 4.99 Å². The van der Waals surface area contributed by atoms with Crippen molar-refractivity contribution in [3.8, 4) is 11.9 Å². The molecule has 1 fully saturated rings. The van der Waals surface area contributed by atoms with Gasteiger partial charge in [-0.05, 0) is 63.0 Å². The number of hydrogen-bond acceptors (Lipinski definition) is 6. The SMILES string of the molecule is N#CN=C(NCCCCCCOc1ccc(Cl)cc1)Nc1cc[n+](COC(=O)C2CCNCC2)cc1. The number of unbranched alkanes of at least 4 members (excludes halogenated alkanes) is 3. The van der Waals surface area contributed by atoms with Crippen molar-refractivity contribution in [3.63, 3.8) is 0 Å². The smallest absolute Gasteiger partial charge is 0.313 e. The van der Waals surface area contributed by atoms with Crippen LogP contribution in [-0.2, 0) is 16.3 Å². The Morgan fingerprint density at radius 3 is 2.56 bits per heavy atom. The number of anilines is 1. The molecule has 10 heteroatoms. The summed E-state index contributed by atoms with van der Waals surface area (Å²) in [7, 11) is 0. The molecule has 0 unspecified atom stereocenters. The van der Waals surface area contributed by atoms with Crippen LogP contribution in [-0.4, -0.2) is 38.2 Å². The number of aliphatic imine (C=N–C) groups is 1. The van der Waals surface area contributed by atoms with Gasteiger partial charge in [-0.25, -0.2) is 0 Å². The van der Waals surface area contributed by atoms with E-state index in [1.165, 1.54) is 0 Å². The van der Waals surface area contributed by atoms with Crippen LogP contribution >= 0.6 is 11.6 Å². The average Bonchev–Trinajstić information content (AvgIpc) is 2.91. The topological polar surface area (TPSA) is 112 Å². The molecule has 0 radical (unpaired) electrons. The van der Waals surface area contributed by atoms with Gasteiger partial charge in [0, 0.05) is 23.7 Å².